The fourth-order valence-electron chi connectivity index (χ4n) is 1.13. The lowest BCUT2D eigenvalue weighted by atomic mass is 10.1. The Morgan fingerprint density at radius 3 is 2.60 bits per heavy atom. The molecule has 0 aliphatic carbocycles. The molecule has 15 heavy (non-hydrogen) atoms. The van der Waals surface area contributed by atoms with Crippen LogP contribution in [0.15, 0.2) is 12.1 Å². The third-order valence-corrected chi connectivity index (χ3v) is 1.89. The Morgan fingerprint density at radius 1 is 1.53 bits per heavy atom. The van der Waals surface area contributed by atoms with Crippen molar-refractivity contribution >= 4 is 11.7 Å². The summed E-state index contributed by atoms with van der Waals surface area (Å²) in [7, 11) is 1.11. The molecule has 80 valence electrons. The van der Waals surface area contributed by atoms with E-state index in [0.29, 0.717) is 6.07 Å². The molecule has 0 spiro atoms. The van der Waals surface area contributed by atoms with Gasteiger partial charge in [0.05, 0.1) is 23.7 Å². The predicted molar refractivity (Wildman–Crippen MR) is 49.1 cm³/mol. The van der Waals surface area contributed by atoms with Crippen LogP contribution >= 0.6 is 0 Å². The maximum Gasteiger partial charge on any atom is 0.340 e. The Labute approximate surface area is 84.6 Å². The third-order valence-electron chi connectivity index (χ3n) is 1.89. The molecule has 0 atom stereocenters. The van der Waals surface area contributed by atoms with Gasteiger partial charge in [-0.2, -0.15) is 0 Å². The van der Waals surface area contributed by atoms with E-state index in [4.69, 9.17) is 0 Å². The fourth-order valence-corrected chi connectivity index (χ4v) is 1.13. The van der Waals surface area contributed by atoms with Crippen molar-refractivity contribution < 1.29 is 18.8 Å². The lowest BCUT2D eigenvalue weighted by molar-refractivity contribution is -0.385. The van der Waals surface area contributed by atoms with Gasteiger partial charge in [-0.1, -0.05) is 0 Å². The molecule has 0 N–H and O–H groups in total. The molecule has 0 heterocycles. The summed E-state index contributed by atoms with van der Waals surface area (Å²) < 4.78 is 17.5. The second-order valence-corrected chi connectivity index (χ2v) is 2.87. The van der Waals surface area contributed by atoms with Crippen LogP contribution in [-0.2, 0) is 4.74 Å². The number of carbonyl (C=O) groups is 1. The van der Waals surface area contributed by atoms with Gasteiger partial charge in [0.15, 0.2) is 0 Å². The SMILES string of the molecule is COC(=O)c1cc(C)c([N+](=O)[O-])cc1F. The minimum atomic E-state index is -0.959. The van der Waals surface area contributed by atoms with Crippen LogP contribution in [0.25, 0.3) is 0 Å². The first-order valence-electron chi connectivity index (χ1n) is 4.00. The molecule has 5 nitrogen and oxygen atoms in total. The third kappa shape index (κ3) is 2.09. The molecule has 0 aromatic heterocycles. The van der Waals surface area contributed by atoms with Gasteiger partial charge in [-0.3, -0.25) is 10.1 Å². The Morgan fingerprint density at radius 2 is 2.13 bits per heavy atom. The number of methoxy groups -OCH3 is 1. The number of esters is 1. The number of nitro benzene ring substituents is 1. The fraction of sp³-hybridized carbons (Fsp3) is 0.222. The van der Waals surface area contributed by atoms with Crippen LogP contribution in [0.4, 0.5) is 10.1 Å². The quantitative estimate of drug-likeness (QED) is 0.427. The summed E-state index contributed by atoms with van der Waals surface area (Å²) in [6.45, 7) is 1.42. The Kier molecular flexibility index (Phi) is 2.99. The molecule has 0 unspecified atom stereocenters. The molecule has 1 rings (SSSR count). The van der Waals surface area contributed by atoms with Crippen LogP contribution in [-0.4, -0.2) is 18.0 Å². The summed E-state index contributed by atoms with van der Waals surface area (Å²) in [6, 6.07) is 1.81. The largest absolute Gasteiger partial charge is 0.465 e. The zero-order valence-electron chi connectivity index (χ0n) is 8.11. The molecule has 6 heteroatoms. The molecule has 0 saturated heterocycles. The number of rotatable bonds is 2. The maximum absolute atomic E-state index is 13.2. The lowest BCUT2D eigenvalue weighted by Crippen LogP contribution is -2.06. The molecule has 0 bridgehead atoms. The molecule has 0 amide bonds. The van der Waals surface area contributed by atoms with Gasteiger partial charge in [-0.15, -0.1) is 0 Å². The molecular weight excluding hydrogens is 205 g/mol. The molecule has 1 aromatic carbocycles. The Bertz CT molecular complexity index is 430. The van der Waals surface area contributed by atoms with E-state index >= 15 is 0 Å². The number of hydrogen-bond donors (Lipinski definition) is 0. The average molecular weight is 213 g/mol. The van der Waals surface area contributed by atoms with E-state index in [1.54, 1.807) is 0 Å². The van der Waals surface area contributed by atoms with Crippen molar-refractivity contribution in [2.75, 3.05) is 7.11 Å². The minimum absolute atomic E-state index is 0.210. The van der Waals surface area contributed by atoms with E-state index in [9.17, 15) is 19.3 Å². The Hall–Kier alpha value is -1.98. The number of benzene rings is 1. The van der Waals surface area contributed by atoms with Crippen LogP contribution in [0.5, 0.6) is 0 Å². The van der Waals surface area contributed by atoms with Crippen LogP contribution in [0.1, 0.15) is 15.9 Å². The van der Waals surface area contributed by atoms with Gasteiger partial charge < -0.3 is 4.74 Å². The molecule has 1 aromatic rings. The number of nitrogens with zero attached hydrogens (tertiary/aromatic N) is 1. The van der Waals surface area contributed by atoms with Crippen LogP contribution in [0.3, 0.4) is 0 Å². The van der Waals surface area contributed by atoms with E-state index in [1.165, 1.54) is 6.92 Å². The summed E-state index contributed by atoms with van der Waals surface area (Å²) in [5, 5.41) is 10.4. The first-order chi connectivity index (χ1) is 6.97. The van der Waals surface area contributed by atoms with E-state index < -0.39 is 16.7 Å². The van der Waals surface area contributed by atoms with Crippen molar-refractivity contribution in [1.29, 1.82) is 0 Å². The van der Waals surface area contributed by atoms with Gasteiger partial charge in [0.2, 0.25) is 0 Å². The van der Waals surface area contributed by atoms with Gasteiger partial charge in [0.25, 0.3) is 5.69 Å². The molecule has 0 aliphatic heterocycles. The maximum atomic E-state index is 13.2. The monoisotopic (exact) mass is 213 g/mol. The van der Waals surface area contributed by atoms with Crippen molar-refractivity contribution in [3.63, 3.8) is 0 Å². The number of halogens is 1. The Balaban J connectivity index is 3.31. The van der Waals surface area contributed by atoms with Crippen LogP contribution in [0.2, 0.25) is 0 Å². The first-order valence-corrected chi connectivity index (χ1v) is 4.00. The smallest absolute Gasteiger partial charge is 0.340 e. The summed E-state index contributed by atoms with van der Waals surface area (Å²) in [5.74, 6) is -1.82. The minimum Gasteiger partial charge on any atom is -0.465 e. The number of nitro groups is 1. The summed E-state index contributed by atoms with van der Waals surface area (Å²) in [6.07, 6.45) is 0. The highest BCUT2D eigenvalue weighted by atomic mass is 19.1. The second kappa shape index (κ2) is 4.04. The predicted octanol–water partition coefficient (Wildman–Crippen LogP) is 1.83. The molecule has 0 saturated carbocycles. The molecular formula is C9H8FNO4. The second-order valence-electron chi connectivity index (χ2n) is 2.87. The van der Waals surface area contributed by atoms with E-state index in [0.717, 1.165) is 13.2 Å². The number of carbonyl (C=O) groups excluding carboxylic acids is 1. The van der Waals surface area contributed by atoms with E-state index in [2.05, 4.69) is 4.74 Å². The van der Waals surface area contributed by atoms with E-state index in [1.807, 2.05) is 0 Å². The van der Waals surface area contributed by atoms with E-state index in [-0.39, 0.29) is 16.8 Å². The highest BCUT2D eigenvalue weighted by Crippen LogP contribution is 2.22. The lowest BCUT2D eigenvalue weighted by Gasteiger charge is -2.03. The van der Waals surface area contributed by atoms with Crippen LogP contribution in [0, 0.1) is 22.9 Å². The number of ether oxygens (including phenoxy) is 1. The van der Waals surface area contributed by atoms with Crippen molar-refractivity contribution in [2.45, 2.75) is 6.92 Å². The zero-order valence-corrected chi connectivity index (χ0v) is 8.11. The first kappa shape index (κ1) is 11.1. The zero-order chi connectivity index (χ0) is 11.6. The number of aryl methyl sites for hydroxylation is 1. The van der Waals surface area contributed by atoms with Crippen LogP contribution < -0.4 is 0 Å². The highest BCUT2D eigenvalue weighted by molar-refractivity contribution is 5.90. The van der Waals surface area contributed by atoms with Gasteiger partial charge in [-0.05, 0) is 13.0 Å². The van der Waals surface area contributed by atoms with Crippen molar-refractivity contribution in [1.82, 2.24) is 0 Å². The normalized spacial score (nSPS) is 9.80. The summed E-state index contributed by atoms with van der Waals surface area (Å²) in [4.78, 5) is 20.8. The summed E-state index contributed by atoms with van der Waals surface area (Å²) in [5.41, 5.74) is -0.456. The highest BCUT2D eigenvalue weighted by Gasteiger charge is 2.19. The number of hydrogen-bond acceptors (Lipinski definition) is 4. The topological polar surface area (TPSA) is 69.4 Å². The molecule has 0 radical (unpaired) electrons. The van der Waals surface area contributed by atoms with Crippen molar-refractivity contribution in [3.05, 3.63) is 39.2 Å². The average Bonchev–Trinajstić information content (AvgIpc) is 2.19. The van der Waals surface area contributed by atoms with Gasteiger partial charge >= 0.3 is 5.97 Å². The molecule has 0 fully saturated rings. The van der Waals surface area contributed by atoms with Gasteiger partial charge in [-0.25, -0.2) is 9.18 Å². The standard InChI is InChI=1S/C9H8FNO4/c1-5-3-6(9(12)15-2)7(10)4-8(5)11(13)14/h3-4H,1-2H3. The van der Waals surface area contributed by atoms with Crippen molar-refractivity contribution in [3.8, 4) is 0 Å². The molecule has 0 aliphatic rings. The van der Waals surface area contributed by atoms with Crippen molar-refractivity contribution in [2.24, 2.45) is 0 Å². The van der Waals surface area contributed by atoms with Gasteiger partial charge in [0, 0.05) is 5.56 Å². The van der Waals surface area contributed by atoms with Gasteiger partial charge in [0.1, 0.15) is 5.82 Å². The summed E-state index contributed by atoms with van der Waals surface area (Å²) >= 11 is 0.